The third-order valence-corrected chi connectivity index (χ3v) is 6.39. The molecule has 0 aliphatic carbocycles. The maximum absolute atomic E-state index is 13.1. The Hall–Kier alpha value is -3.63. The summed E-state index contributed by atoms with van der Waals surface area (Å²) in [6.07, 6.45) is 0.662. The highest BCUT2D eigenvalue weighted by Crippen LogP contribution is 2.41. The minimum Gasteiger partial charge on any atom is -0.497 e. The molecule has 1 saturated heterocycles. The number of benzene rings is 2. The van der Waals surface area contributed by atoms with Crippen LogP contribution in [0.2, 0.25) is 0 Å². The molecule has 1 fully saturated rings. The summed E-state index contributed by atoms with van der Waals surface area (Å²) in [6, 6.07) is 10.8. The average Bonchev–Trinajstić information content (AvgIpc) is 2.88. The first-order valence-electron chi connectivity index (χ1n) is 12.0. The second-order valence-electron chi connectivity index (χ2n) is 8.96. The van der Waals surface area contributed by atoms with Crippen molar-refractivity contribution in [3.8, 4) is 11.5 Å². The number of amidine groups is 1. The van der Waals surface area contributed by atoms with E-state index in [1.54, 1.807) is 31.4 Å². The molecule has 0 bridgehead atoms. The van der Waals surface area contributed by atoms with Crippen LogP contribution < -0.4 is 25.4 Å². The average molecular weight is 496 g/mol. The van der Waals surface area contributed by atoms with Gasteiger partial charge in [0.15, 0.2) is 6.10 Å². The number of rotatable bonds is 7. The topological polar surface area (TPSA) is 119 Å². The van der Waals surface area contributed by atoms with Gasteiger partial charge in [0, 0.05) is 56.2 Å². The van der Waals surface area contributed by atoms with Gasteiger partial charge in [-0.1, -0.05) is 0 Å². The fourth-order valence-corrected chi connectivity index (χ4v) is 4.34. The van der Waals surface area contributed by atoms with E-state index >= 15 is 0 Å². The molecule has 0 radical (unpaired) electrons. The van der Waals surface area contributed by atoms with Crippen molar-refractivity contribution in [3.05, 3.63) is 47.5 Å². The lowest BCUT2D eigenvalue weighted by molar-refractivity contribution is -0.123. The minimum atomic E-state index is -0.616. The summed E-state index contributed by atoms with van der Waals surface area (Å²) < 4.78 is 16.6. The van der Waals surface area contributed by atoms with Crippen LogP contribution in [0.25, 0.3) is 0 Å². The lowest BCUT2D eigenvalue weighted by atomic mass is 9.99. The Morgan fingerprint density at radius 1 is 1.14 bits per heavy atom. The second-order valence-corrected chi connectivity index (χ2v) is 8.96. The summed E-state index contributed by atoms with van der Waals surface area (Å²) in [5.74, 6) is 0.961. The van der Waals surface area contributed by atoms with Gasteiger partial charge in [0.25, 0.3) is 11.8 Å². The van der Waals surface area contributed by atoms with Crippen LogP contribution in [-0.4, -0.2) is 82.7 Å². The number of likely N-dealkylation sites (N-methyl/N-ethyl adjacent to an activating group) is 1. The number of nitrogens with two attached hydrogens (primary N) is 1. The number of aliphatic imine (C=N–C) groups is 1. The molecule has 1 atom stereocenters. The van der Waals surface area contributed by atoms with Gasteiger partial charge in [0.05, 0.1) is 12.8 Å². The number of nitrogens with one attached hydrogen (secondary N) is 1. The number of nitrogens with zero attached hydrogens (tertiary/aromatic N) is 3. The number of amides is 2. The third kappa shape index (κ3) is 5.95. The monoisotopic (exact) mass is 495 g/mol. The molecule has 2 heterocycles. The van der Waals surface area contributed by atoms with Gasteiger partial charge in [-0.25, -0.2) is 0 Å². The Balaban J connectivity index is 1.46. The van der Waals surface area contributed by atoms with Crippen molar-refractivity contribution in [2.45, 2.75) is 18.9 Å². The lowest BCUT2D eigenvalue weighted by Crippen LogP contribution is -2.45. The van der Waals surface area contributed by atoms with Gasteiger partial charge in [-0.15, -0.1) is 0 Å². The molecule has 2 aromatic rings. The van der Waals surface area contributed by atoms with Crippen LogP contribution in [0.15, 0.2) is 41.4 Å². The molecule has 2 aromatic carbocycles. The first-order chi connectivity index (χ1) is 17.4. The fourth-order valence-electron chi connectivity index (χ4n) is 4.34. The Bertz CT molecular complexity index is 1130. The third-order valence-electron chi connectivity index (χ3n) is 6.39. The summed E-state index contributed by atoms with van der Waals surface area (Å²) in [7, 11) is 5.20. The summed E-state index contributed by atoms with van der Waals surface area (Å²) in [5.41, 5.74) is 9.09. The molecule has 36 heavy (non-hydrogen) atoms. The summed E-state index contributed by atoms with van der Waals surface area (Å²) in [4.78, 5) is 33.1. The van der Waals surface area contributed by atoms with Crippen molar-refractivity contribution in [2.75, 3.05) is 64.3 Å². The summed E-state index contributed by atoms with van der Waals surface area (Å²) in [6.45, 7) is 3.55. The fraction of sp³-hybridized carbons (Fsp3) is 0.423. The van der Waals surface area contributed by atoms with E-state index in [4.69, 9.17) is 19.9 Å². The number of piperazine rings is 1. The van der Waals surface area contributed by atoms with Gasteiger partial charge in [-0.05, 0) is 50.2 Å². The summed E-state index contributed by atoms with van der Waals surface area (Å²) >= 11 is 0. The van der Waals surface area contributed by atoms with Crippen LogP contribution in [-0.2, 0) is 20.7 Å². The molecule has 4 rings (SSSR count). The Morgan fingerprint density at radius 2 is 1.86 bits per heavy atom. The van der Waals surface area contributed by atoms with Crippen molar-refractivity contribution in [2.24, 2.45) is 10.7 Å². The van der Waals surface area contributed by atoms with E-state index in [0.29, 0.717) is 24.1 Å². The van der Waals surface area contributed by atoms with Crippen LogP contribution in [0.3, 0.4) is 0 Å². The van der Waals surface area contributed by atoms with Gasteiger partial charge in [-0.2, -0.15) is 4.99 Å². The maximum atomic E-state index is 13.1. The zero-order valence-electron chi connectivity index (χ0n) is 21.0. The largest absolute Gasteiger partial charge is 0.497 e. The molecule has 2 aliphatic rings. The van der Waals surface area contributed by atoms with E-state index in [1.165, 1.54) is 7.11 Å². The second kappa shape index (κ2) is 11.4. The normalized spacial score (nSPS) is 18.2. The molecule has 2 amide bonds. The van der Waals surface area contributed by atoms with Crippen molar-refractivity contribution >= 4 is 29.0 Å². The van der Waals surface area contributed by atoms with Crippen molar-refractivity contribution in [3.63, 3.8) is 0 Å². The number of anilines is 2. The van der Waals surface area contributed by atoms with Crippen molar-refractivity contribution in [1.29, 1.82) is 0 Å². The maximum Gasteiger partial charge on any atom is 0.273 e. The van der Waals surface area contributed by atoms with Gasteiger partial charge in [0.1, 0.15) is 23.9 Å². The zero-order chi connectivity index (χ0) is 25.7. The first-order valence-corrected chi connectivity index (χ1v) is 12.0. The molecular weight excluding hydrogens is 462 g/mol. The number of ether oxygens (including phenoxy) is 3. The van der Waals surface area contributed by atoms with Crippen LogP contribution in [0.5, 0.6) is 11.5 Å². The Kier molecular flexibility index (Phi) is 8.07. The molecule has 2 aliphatic heterocycles. The number of aryl methyl sites for hydroxylation is 1. The molecule has 3 N–H and O–H groups in total. The van der Waals surface area contributed by atoms with E-state index < -0.39 is 12.0 Å². The number of hydrogen-bond acceptors (Lipinski definition) is 7. The molecule has 10 nitrogen and oxygen atoms in total. The first kappa shape index (κ1) is 25.5. The van der Waals surface area contributed by atoms with Crippen LogP contribution >= 0.6 is 0 Å². The molecule has 192 valence electrons. The van der Waals surface area contributed by atoms with E-state index in [9.17, 15) is 9.59 Å². The highest BCUT2D eigenvalue weighted by Gasteiger charge is 2.31. The summed E-state index contributed by atoms with van der Waals surface area (Å²) in [5, 5.41) is 2.92. The SMILES string of the molecule is COCC(=O)N=C(N)c1ccc(NC(=O)C2CCc3cc(OC)cc(N4CCN(C)CC4)c3O2)cc1. The standard InChI is InChI=1S/C26H33N5O5/c1-30-10-12-31(13-11-30)21-15-20(35-3)14-18-6-9-22(36-24(18)21)26(33)28-19-7-4-17(5-8-19)25(27)29-23(32)16-34-2/h4-5,7-8,14-15,22H,6,9-13,16H2,1-3H3,(H,28,33)(H2,27,29,32). The molecular formula is C26H33N5O5. The number of carbonyl (C=O) groups is 2. The van der Waals surface area contributed by atoms with Gasteiger partial charge < -0.3 is 35.1 Å². The van der Waals surface area contributed by atoms with Gasteiger partial charge in [-0.3, -0.25) is 9.59 Å². The number of fused-ring (bicyclic) bond motifs is 1. The van der Waals surface area contributed by atoms with E-state index in [0.717, 1.165) is 48.9 Å². The minimum absolute atomic E-state index is 0.0917. The molecule has 0 spiro atoms. The Morgan fingerprint density at radius 3 is 2.53 bits per heavy atom. The highest BCUT2D eigenvalue weighted by atomic mass is 16.5. The number of methoxy groups -OCH3 is 2. The molecule has 1 unspecified atom stereocenters. The molecule has 0 aromatic heterocycles. The van der Waals surface area contributed by atoms with Crippen molar-refractivity contribution in [1.82, 2.24) is 4.90 Å². The van der Waals surface area contributed by atoms with Crippen LogP contribution in [0, 0.1) is 0 Å². The van der Waals surface area contributed by atoms with E-state index in [1.807, 2.05) is 12.1 Å². The van der Waals surface area contributed by atoms with E-state index in [-0.39, 0.29) is 18.3 Å². The van der Waals surface area contributed by atoms with E-state index in [2.05, 4.69) is 27.2 Å². The highest BCUT2D eigenvalue weighted by molar-refractivity contribution is 6.04. The van der Waals surface area contributed by atoms with Crippen molar-refractivity contribution < 1.29 is 23.8 Å². The smallest absolute Gasteiger partial charge is 0.273 e. The zero-order valence-corrected chi connectivity index (χ0v) is 21.0. The van der Waals surface area contributed by atoms with Gasteiger partial charge in [0.2, 0.25) is 0 Å². The van der Waals surface area contributed by atoms with Crippen LogP contribution in [0.1, 0.15) is 17.5 Å². The van der Waals surface area contributed by atoms with Crippen LogP contribution in [0.4, 0.5) is 11.4 Å². The molecule has 10 heteroatoms. The number of hydrogen-bond donors (Lipinski definition) is 2. The predicted octanol–water partition coefficient (Wildman–Crippen LogP) is 1.66. The quantitative estimate of drug-likeness (QED) is 0.440. The van der Waals surface area contributed by atoms with Gasteiger partial charge >= 0.3 is 0 Å². The lowest BCUT2D eigenvalue weighted by Gasteiger charge is -2.37. The Labute approximate surface area is 211 Å². The predicted molar refractivity (Wildman–Crippen MR) is 138 cm³/mol. The number of carbonyl (C=O) groups excluding carboxylic acids is 2. The molecule has 0 saturated carbocycles.